The van der Waals surface area contributed by atoms with E-state index in [-0.39, 0.29) is 11.2 Å². The number of ether oxygens (including phenoxy) is 2. The van der Waals surface area contributed by atoms with Crippen molar-refractivity contribution >= 4 is 11.8 Å². The molecule has 0 aromatic heterocycles. The molecule has 0 saturated carbocycles. The van der Waals surface area contributed by atoms with Gasteiger partial charge in [0.15, 0.2) is 0 Å². The van der Waals surface area contributed by atoms with E-state index in [0.717, 1.165) is 28.6 Å². The Labute approximate surface area is 174 Å². The van der Waals surface area contributed by atoms with E-state index < -0.39 is 6.61 Å². The van der Waals surface area contributed by atoms with Gasteiger partial charge in [0.2, 0.25) is 0 Å². The molecular weight excluding hydrogens is 390 g/mol. The standard InChI is InChI=1S/C24H24F2O2S/c1-24(2,19-11-13-21(14-12-19)28-23(25)26)17-29-16-18-7-6-10-22(15-18)27-20-8-4-3-5-9-20/h3-15,23H,16-17H2,1-2H3. The molecule has 3 aromatic carbocycles. The van der Waals surface area contributed by atoms with Gasteiger partial charge in [-0.1, -0.05) is 56.3 Å². The second-order valence-electron chi connectivity index (χ2n) is 7.34. The second kappa shape index (κ2) is 9.79. The zero-order chi connectivity index (χ0) is 20.7. The highest BCUT2D eigenvalue weighted by Gasteiger charge is 2.21. The van der Waals surface area contributed by atoms with E-state index in [1.54, 1.807) is 12.1 Å². The van der Waals surface area contributed by atoms with E-state index in [2.05, 4.69) is 30.7 Å². The Morgan fingerprint density at radius 1 is 0.828 bits per heavy atom. The number of benzene rings is 3. The molecule has 0 amide bonds. The number of halogens is 2. The molecule has 0 radical (unpaired) electrons. The normalized spacial score (nSPS) is 11.5. The number of hydrogen-bond acceptors (Lipinski definition) is 3. The van der Waals surface area contributed by atoms with Crippen LogP contribution < -0.4 is 9.47 Å². The fourth-order valence-corrected chi connectivity index (χ4v) is 4.11. The highest BCUT2D eigenvalue weighted by atomic mass is 32.2. The minimum atomic E-state index is -2.80. The second-order valence-corrected chi connectivity index (χ2v) is 8.33. The molecule has 29 heavy (non-hydrogen) atoms. The Morgan fingerprint density at radius 2 is 1.52 bits per heavy atom. The summed E-state index contributed by atoms with van der Waals surface area (Å²) < 4.78 is 34.9. The van der Waals surface area contributed by atoms with Crippen molar-refractivity contribution in [2.24, 2.45) is 0 Å². The van der Waals surface area contributed by atoms with Gasteiger partial charge in [0.25, 0.3) is 0 Å². The van der Waals surface area contributed by atoms with Gasteiger partial charge < -0.3 is 9.47 Å². The maximum absolute atomic E-state index is 12.3. The van der Waals surface area contributed by atoms with Gasteiger partial charge in [-0.25, -0.2) is 0 Å². The summed E-state index contributed by atoms with van der Waals surface area (Å²) in [5.41, 5.74) is 2.19. The van der Waals surface area contributed by atoms with E-state index in [4.69, 9.17) is 4.74 Å². The summed E-state index contributed by atoms with van der Waals surface area (Å²) in [5, 5.41) is 0. The third-order valence-electron chi connectivity index (χ3n) is 4.47. The van der Waals surface area contributed by atoms with E-state index in [1.165, 1.54) is 5.56 Å². The molecule has 3 aromatic rings. The number of alkyl halides is 2. The zero-order valence-electron chi connectivity index (χ0n) is 16.5. The highest BCUT2D eigenvalue weighted by Crippen LogP contribution is 2.31. The van der Waals surface area contributed by atoms with Gasteiger partial charge in [-0.2, -0.15) is 20.5 Å². The van der Waals surface area contributed by atoms with Crippen LogP contribution in [0.3, 0.4) is 0 Å². The predicted molar refractivity (Wildman–Crippen MR) is 115 cm³/mol. The van der Waals surface area contributed by atoms with Crippen LogP contribution in [0.5, 0.6) is 17.2 Å². The molecule has 2 nitrogen and oxygen atoms in total. The molecule has 0 aliphatic carbocycles. The topological polar surface area (TPSA) is 18.5 Å². The molecule has 0 atom stereocenters. The first-order chi connectivity index (χ1) is 13.9. The average Bonchev–Trinajstić information content (AvgIpc) is 2.69. The Balaban J connectivity index is 1.55. The summed E-state index contributed by atoms with van der Waals surface area (Å²) in [6.07, 6.45) is 0. The Bertz CT molecular complexity index is 896. The van der Waals surface area contributed by atoms with Gasteiger partial charge in [-0.3, -0.25) is 0 Å². The molecular formula is C24H24F2O2S. The van der Waals surface area contributed by atoms with Gasteiger partial charge in [0.05, 0.1) is 0 Å². The molecule has 152 valence electrons. The predicted octanol–water partition coefficient (Wildman–Crippen LogP) is 7.29. The van der Waals surface area contributed by atoms with Crippen LogP contribution in [0.4, 0.5) is 8.78 Å². The minimum absolute atomic E-state index is 0.0911. The van der Waals surface area contributed by atoms with Crippen molar-refractivity contribution in [3.63, 3.8) is 0 Å². The number of thioether (sulfide) groups is 1. The van der Waals surface area contributed by atoms with Crippen LogP contribution in [-0.4, -0.2) is 12.4 Å². The molecule has 0 fully saturated rings. The molecule has 5 heteroatoms. The lowest BCUT2D eigenvalue weighted by Gasteiger charge is -2.25. The molecule has 0 spiro atoms. The maximum Gasteiger partial charge on any atom is 0.387 e. The number of para-hydroxylation sites is 1. The quantitative estimate of drug-likeness (QED) is 0.366. The number of hydrogen-bond donors (Lipinski definition) is 0. The Hall–Kier alpha value is -2.53. The van der Waals surface area contributed by atoms with Crippen LogP contribution in [-0.2, 0) is 11.2 Å². The van der Waals surface area contributed by atoms with Gasteiger partial charge in [-0.05, 0) is 52.9 Å². The van der Waals surface area contributed by atoms with Crippen molar-refractivity contribution < 1.29 is 18.3 Å². The fraction of sp³-hybridized carbons (Fsp3) is 0.250. The smallest absolute Gasteiger partial charge is 0.387 e. The van der Waals surface area contributed by atoms with E-state index in [0.29, 0.717) is 0 Å². The van der Waals surface area contributed by atoms with E-state index in [9.17, 15) is 8.78 Å². The van der Waals surface area contributed by atoms with Crippen LogP contribution in [0.1, 0.15) is 25.0 Å². The first-order valence-electron chi connectivity index (χ1n) is 9.37. The first kappa shape index (κ1) is 21.2. The minimum Gasteiger partial charge on any atom is -0.457 e. The number of rotatable bonds is 9. The lowest BCUT2D eigenvalue weighted by atomic mass is 9.87. The van der Waals surface area contributed by atoms with Crippen LogP contribution in [0, 0.1) is 0 Å². The molecule has 0 aliphatic heterocycles. The summed E-state index contributed by atoms with van der Waals surface area (Å²) in [6.45, 7) is 1.50. The van der Waals surface area contributed by atoms with Crippen molar-refractivity contribution in [3.05, 3.63) is 90.0 Å². The third-order valence-corrected chi connectivity index (χ3v) is 5.93. The molecule has 0 aliphatic rings. The Morgan fingerprint density at radius 3 is 2.21 bits per heavy atom. The maximum atomic E-state index is 12.3. The van der Waals surface area contributed by atoms with Crippen LogP contribution in [0.2, 0.25) is 0 Å². The van der Waals surface area contributed by atoms with Gasteiger partial charge in [0.1, 0.15) is 17.2 Å². The van der Waals surface area contributed by atoms with Crippen molar-refractivity contribution in [1.29, 1.82) is 0 Å². The zero-order valence-corrected chi connectivity index (χ0v) is 17.3. The fourth-order valence-electron chi connectivity index (χ4n) is 2.92. The summed E-state index contributed by atoms with van der Waals surface area (Å²) >= 11 is 1.83. The van der Waals surface area contributed by atoms with Crippen LogP contribution in [0.25, 0.3) is 0 Å². The van der Waals surface area contributed by atoms with Crippen molar-refractivity contribution in [1.82, 2.24) is 0 Å². The van der Waals surface area contributed by atoms with Gasteiger partial charge in [-0.15, -0.1) is 0 Å². The monoisotopic (exact) mass is 414 g/mol. The molecule has 0 saturated heterocycles. The molecule has 0 N–H and O–H groups in total. The highest BCUT2D eigenvalue weighted by molar-refractivity contribution is 7.98. The van der Waals surface area contributed by atoms with Crippen molar-refractivity contribution in [2.45, 2.75) is 31.6 Å². The molecule has 3 rings (SSSR count). The SMILES string of the molecule is CC(C)(CSCc1cccc(Oc2ccccc2)c1)c1ccc(OC(F)F)cc1. The summed E-state index contributed by atoms with van der Waals surface area (Å²) in [6, 6.07) is 24.7. The lowest BCUT2D eigenvalue weighted by Crippen LogP contribution is -2.20. The third kappa shape index (κ3) is 6.50. The summed E-state index contributed by atoms with van der Waals surface area (Å²) in [5.74, 6) is 3.58. The van der Waals surface area contributed by atoms with Gasteiger partial charge >= 0.3 is 6.61 Å². The van der Waals surface area contributed by atoms with Gasteiger partial charge in [0, 0.05) is 11.5 Å². The van der Waals surface area contributed by atoms with Crippen molar-refractivity contribution in [3.8, 4) is 17.2 Å². The molecule has 0 heterocycles. The molecule has 0 bridgehead atoms. The Kier molecular flexibility index (Phi) is 7.15. The summed E-state index contributed by atoms with van der Waals surface area (Å²) in [7, 11) is 0. The average molecular weight is 415 g/mol. The van der Waals surface area contributed by atoms with E-state index in [1.807, 2.05) is 66.4 Å². The first-order valence-corrected chi connectivity index (χ1v) is 10.5. The summed E-state index contributed by atoms with van der Waals surface area (Å²) in [4.78, 5) is 0. The lowest BCUT2D eigenvalue weighted by molar-refractivity contribution is -0.0498. The van der Waals surface area contributed by atoms with Crippen LogP contribution in [0.15, 0.2) is 78.9 Å². The van der Waals surface area contributed by atoms with Crippen molar-refractivity contribution in [2.75, 3.05) is 5.75 Å². The van der Waals surface area contributed by atoms with Crippen LogP contribution >= 0.6 is 11.8 Å². The molecule has 0 unspecified atom stereocenters. The van der Waals surface area contributed by atoms with E-state index >= 15 is 0 Å². The largest absolute Gasteiger partial charge is 0.457 e.